The molecule has 2 heterocycles. The van der Waals surface area contributed by atoms with Crippen molar-refractivity contribution in [2.45, 2.75) is 5.92 Å². The number of hydrogen-bond donors (Lipinski definition) is 3. The maximum atomic E-state index is 12.9. The number of carbonyl (C=O) groups excluding carboxylic acids is 1. The third kappa shape index (κ3) is 3.99. The van der Waals surface area contributed by atoms with Crippen molar-refractivity contribution in [3.63, 3.8) is 0 Å². The van der Waals surface area contributed by atoms with Gasteiger partial charge in [0.05, 0.1) is 23.7 Å². The summed E-state index contributed by atoms with van der Waals surface area (Å²) in [5, 5.41) is 10.5. The molecule has 1 amide bonds. The summed E-state index contributed by atoms with van der Waals surface area (Å²) in [7, 11) is 0. The number of H-pyrrole nitrogens is 1. The molecule has 0 saturated heterocycles. The summed E-state index contributed by atoms with van der Waals surface area (Å²) in [5.74, 6) is -3.77. The number of nitrogens with two attached hydrogens (primary N) is 1. The van der Waals surface area contributed by atoms with Crippen LogP contribution in [0.2, 0.25) is 0 Å². The number of nitrogens with one attached hydrogen (secondary N) is 2. The Morgan fingerprint density at radius 2 is 2.30 bits per heavy atom. The molecule has 20 heavy (non-hydrogen) atoms. The van der Waals surface area contributed by atoms with E-state index < -0.39 is 24.9 Å². The van der Waals surface area contributed by atoms with E-state index in [9.17, 15) is 13.6 Å². The Bertz CT molecular complexity index is 559. The van der Waals surface area contributed by atoms with Gasteiger partial charge < -0.3 is 11.1 Å². The van der Waals surface area contributed by atoms with Gasteiger partial charge in [-0.2, -0.15) is 5.10 Å². The highest BCUT2D eigenvalue weighted by Crippen LogP contribution is 2.22. The Kier molecular flexibility index (Phi) is 5.61. The van der Waals surface area contributed by atoms with Crippen LogP contribution >= 0.6 is 23.7 Å². The van der Waals surface area contributed by atoms with Crippen LogP contribution in [0.5, 0.6) is 0 Å². The van der Waals surface area contributed by atoms with Gasteiger partial charge in [0.1, 0.15) is 0 Å². The quantitative estimate of drug-likeness (QED) is 0.786. The molecule has 0 spiro atoms. The number of nitrogens with zero attached hydrogens (tertiary/aromatic N) is 1. The number of hydrogen-bond acceptors (Lipinski definition) is 4. The van der Waals surface area contributed by atoms with Crippen LogP contribution < -0.4 is 11.1 Å². The second kappa shape index (κ2) is 6.78. The van der Waals surface area contributed by atoms with Crippen molar-refractivity contribution in [3.05, 3.63) is 29.3 Å². The van der Waals surface area contributed by atoms with E-state index in [1.807, 2.05) is 17.5 Å². The average Bonchev–Trinajstić information content (AvgIpc) is 3.05. The van der Waals surface area contributed by atoms with Gasteiger partial charge in [-0.25, -0.2) is 8.78 Å². The molecule has 0 aliphatic carbocycles. The van der Waals surface area contributed by atoms with Gasteiger partial charge in [0.2, 0.25) is 0 Å². The van der Waals surface area contributed by atoms with Crippen molar-refractivity contribution in [1.82, 2.24) is 15.5 Å². The molecule has 0 atom stereocenters. The molecule has 110 valence electrons. The van der Waals surface area contributed by atoms with E-state index in [2.05, 4.69) is 15.5 Å². The normalized spacial score (nSPS) is 10.9. The monoisotopic (exact) mass is 322 g/mol. The Labute approximate surface area is 124 Å². The first-order chi connectivity index (χ1) is 9.02. The van der Waals surface area contributed by atoms with Gasteiger partial charge in [-0.1, -0.05) is 6.07 Å². The molecule has 0 aliphatic heterocycles. The van der Waals surface area contributed by atoms with Crippen LogP contribution in [0.15, 0.2) is 23.6 Å². The Morgan fingerprint density at radius 1 is 1.55 bits per heavy atom. The minimum atomic E-state index is -3.11. The first-order valence-electron chi connectivity index (χ1n) is 5.47. The third-order valence-corrected chi connectivity index (χ3v) is 3.31. The SMILES string of the molecule is Cl.NCC(F)(F)CNC(=O)c1cc(-c2cccs2)[nH]n1. The fourth-order valence-corrected chi connectivity index (χ4v) is 2.06. The Balaban J connectivity index is 0.00000200. The van der Waals surface area contributed by atoms with Gasteiger partial charge in [0.25, 0.3) is 11.8 Å². The minimum Gasteiger partial charge on any atom is -0.345 e. The number of alkyl halides is 2. The summed E-state index contributed by atoms with van der Waals surface area (Å²) >= 11 is 1.48. The maximum Gasteiger partial charge on any atom is 0.277 e. The van der Waals surface area contributed by atoms with E-state index in [0.717, 1.165) is 4.88 Å². The number of halogens is 3. The van der Waals surface area contributed by atoms with Crippen LogP contribution in [0.1, 0.15) is 10.5 Å². The van der Waals surface area contributed by atoms with Crippen LogP contribution in [-0.2, 0) is 0 Å². The fraction of sp³-hybridized carbons (Fsp3) is 0.273. The average molecular weight is 323 g/mol. The highest BCUT2D eigenvalue weighted by atomic mass is 35.5. The molecule has 0 unspecified atom stereocenters. The number of aromatic amines is 1. The van der Waals surface area contributed by atoms with Gasteiger partial charge in [0, 0.05) is 0 Å². The van der Waals surface area contributed by atoms with E-state index in [0.29, 0.717) is 5.69 Å². The van der Waals surface area contributed by atoms with Crippen LogP contribution in [0.25, 0.3) is 10.6 Å². The van der Waals surface area contributed by atoms with Crippen LogP contribution in [-0.4, -0.2) is 35.1 Å². The highest BCUT2D eigenvalue weighted by molar-refractivity contribution is 7.13. The summed E-state index contributed by atoms with van der Waals surface area (Å²) in [5.41, 5.74) is 5.62. The zero-order chi connectivity index (χ0) is 13.9. The second-order valence-electron chi connectivity index (χ2n) is 3.89. The van der Waals surface area contributed by atoms with Crippen molar-refractivity contribution in [2.24, 2.45) is 5.73 Å². The molecule has 2 aromatic heterocycles. The zero-order valence-corrected chi connectivity index (χ0v) is 11.9. The maximum absolute atomic E-state index is 12.9. The first kappa shape index (κ1) is 16.5. The molecule has 0 saturated carbocycles. The molecule has 0 fully saturated rings. The standard InChI is InChI=1S/C11H12F2N4OS.ClH/c12-11(13,5-14)6-15-10(18)8-4-7(16-17-8)9-2-1-3-19-9;/h1-4H,5-6,14H2,(H,15,18)(H,16,17);1H. The van der Waals surface area contributed by atoms with E-state index >= 15 is 0 Å². The summed E-state index contributed by atoms with van der Waals surface area (Å²) in [6.07, 6.45) is 0. The molecule has 0 bridgehead atoms. The molecule has 2 aromatic rings. The lowest BCUT2D eigenvalue weighted by molar-refractivity contribution is 0.0118. The van der Waals surface area contributed by atoms with Gasteiger partial charge in [-0.3, -0.25) is 9.89 Å². The van der Waals surface area contributed by atoms with Crippen molar-refractivity contribution in [2.75, 3.05) is 13.1 Å². The molecule has 5 nitrogen and oxygen atoms in total. The lowest BCUT2D eigenvalue weighted by Crippen LogP contribution is -2.41. The van der Waals surface area contributed by atoms with Crippen LogP contribution in [0.3, 0.4) is 0 Å². The Morgan fingerprint density at radius 3 is 2.90 bits per heavy atom. The minimum absolute atomic E-state index is 0. The molecular weight excluding hydrogens is 310 g/mol. The number of thiophene rings is 1. The van der Waals surface area contributed by atoms with E-state index in [1.165, 1.54) is 17.4 Å². The number of rotatable bonds is 5. The van der Waals surface area contributed by atoms with Crippen molar-refractivity contribution < 1.29 is 13.6 Å². The lowest BCUT2D eigenvalue weighted by Gasteiger charge is -2.13. The van der Waals surface area contributed by atoms with Crippen LogP contribution in [0.4, 0.5) is 8.78 Å². The number of carbonyl (C=O) groups is 1. The van der Waals surface area contributed by atoms with E-state index in [4.69, 9.17) is 5.73 Å². The largest absolute Gasteiger partial charge is 0.345 e. The highest BCUT2D eigenvalue weighted by Gasteiger charge is 2.27. The second-order valence-corrected chi connectivity index (χ2v) is 4.83. The summed E-state index contributed by atoms with van der Waals surface area (Å²) in [4.78, 5) is 12.5. The number of amides is 1. The smallest absolute Gasteiger partial charge is 0.277 e. The molecule has 9 heteroatoms. The molecule has 4 N–H and O–H groups in total. The topological polar surface area (TPSA) is 83.8 Å². The van der Waals surface area contributed by atoms with Crippen LogP contribution in [0, 0.1) is 0 Å². The zero-order valence-electron chi connectivity index (χ0n) is 10.2. The van der Waals surface area contributed by atoms with Gasteiger partial charge >= 0.3 is 0 Å². The van der Waals surface area contributed by atoms with Crippen molar-refractivity contribution in [3.8, 4) is 10.6 Å². The summed E-state index contributed by atoms with van der Waals surface area (Å²) in [6, 6.07) is 5.24. The first-order valence-corrected chi connectivity index (χ1v) is 6.35. The molecule has 0 aliphatic rings. The molecule has 0 radical (unpaired) electrons. The van der Waals surface area contributed by atoms with Gasteiger partial charge in [-0.05, 0) is 17.5 Å². The third-order valence-electron chi connectivity index (χ3n) is 2.40. The van der Waals surface area contributed by atoms with Crippen molar-refractivity contribution in [1.29, 1.82) is 0 Å². The van der Waals surface area contributed by atoms with E-state index in [1.54, 1.807) is 0 Å². The molecular formula is C11H13ClF2N4OS. The lowest BCUT2D eigenvalue weighted by atomic mass is 10.3. The van der Waals surface area contributed by atoms with Crippen molar-refractivity contribution >= 4 is 29.7 Å². The summed E-state index contributed by atoms with van der Waals surface area (Å²) < 4.78 is 25.8. The predicted molar refractivity (Wildman–Crippen MR) is 75.5 cm³/mol. The number of aromatic nitrogens is 2. The predicted octanol–water partition coefficient (Wildman–Crippen LogP) is 1.88. The Hall–Kier alpha value is -1.51. The van der Waals surface area contributed by atoms with Gasteiger partial charge in [0.15, 0.2) is 5.69 Å². The molecule has 0 aromatic carbocycles. The van der Waals surface area contributed by atoms with Gasteiger partial charge in [-0.15, -0.1) is 23.7 Å². The fourth-order valence-electron chi connectivity index (χ4n) is 1.37. The van der Waals surface area contributed by atoms with E-state index in [-0.39, 0.29) is 18.1 Å². The summed E-state index contributed by atoms with van der Waals surface area (Å²) in [6.45, 7) is -1.61. The molecule has 2 rings (SSSR count).